The molecule has 0 aromatic rings. The fraction of sp³-hybridized carbons (Fsp3) is 0.929. The molecule has 1 heterocycles. The molecule has 1 aliphatic carbocycles. The summed E-state index contributed by atoms with van der Waals surface area (Å²) in [5.41, 5.74) is 0. The van der Waals surface area contributed by atoms with Crippen molar-refractivity contribution >= 4 is 5.91 Å². The lowest BCUT2D eigenvalue weighted by Gasteiger charge is -2.33. The maximum atomic E-state index is 12.0. The molecule has 2 unspecified atom stereocenters. The van der Waals surface area contributed by atoms with Crippen molar-refractivity contribution in [2.45, 2.75) is 45.1 Å². The molecule has 0 radical (unpaired) electrons. The lowest BCUT2D eigenvalue weighted by molar-refractivity contribution is -0.134. The maximum absolute atomic E-state index is 12.0. The summed E-state index contributed by atoms with van der Waals surface area (Å²) < 4.78 is 5.26. The van der Waals surface area contributed by atoms with Crippen LogP contribution in [0.15, 0.2) is 0 Å². The van der Waals surface area contributed by atoms with Gasteiger partial charge in [0.2, 0.25) is 5.91 Å². The second kappa shape index (κ2) is 7.10. The number of nitrogens with zero attached hydrogens (tertiary/aromatic N) is 1. The number of hydrogen-bond donors (Lipinski definition) is 1. The molecule has 1 N–H and O–H groups in total. The Labute approximate surface area is 110 Å². The molecule has 0 aromatic heterocycles. The standard InChI is InChI=1S/C14H26N2O2/c1-2-12-5-3-4-6-13(12)15-11-14(17)16-7-9-18-10-8-16/h12-13,15H,2-11H2,1H3. The van der Waals surface area contributed by atoms with Crippen LogP contribution in [0, 0.1) is 5.92 Å². The van der Waals surface area contributed by atoms with Gasteiger partial charge in [0.15, 0.2) is 0 Å². The van der Waals surface area contributed by atoms with E-state index in [2.05, 4.69) is 12.2 Å². The summed E-state index contributed by atoms with van der Waals surface area (Å²) in [5.74, 6) is 0.995. The Morgan fingerprint density at radius 1 is 1.28 bits per heavy atom. The molecular weight excluding hydrogens is 228 g/mol. The van der Waals surface area contributed by atoms with Crippen LogP contribution in [0.4, 0.5) is 0 Å². The third-order valence-electron chi connectivity index (χ3n) is 4.31. The van der Waals surface area contributed by atoms with Crippen LogP contribution in [0.3, 0.4) is 0 Å². The second-order valence-corrected chi connectivity index (χ2v) is 5.43. The number of morpholine rings is 1. The molecule has 18 heavy (non-hydrogen) atoms. The molecule has 2 rings (SSSR count). The van der Waals surface area contributed by atoms with Gasteiger partial charge in [0.25, 0.3) is 0 Å². The van der Waals surface area contributed by atoms with Crippen molar-refractivity contribution in [1.82, 2.24) is 10.2 Å². The minimum atomic E-state index is 0.235. The first-order valence-electron chi connectivity index (χ1n) is 7.40. The SMILES string of the molecule is CCC1CCCCC1NCC(=O)N1CCOCC1. The van der Waals surface area contributed by atoms with Crippen LogP contribution < -0.4 is 5.32 Å². The minimum Gasteiger partial charge on any atom is -0.378 e. The number of nitrogens with one attached hydrogen (secondary N) is 1. The van der Waals surface area contributed by atoms with E-state index in [0.717, 1.165) is 19.0 Å². The highest BCUT2D eigenvalue weighted by Gasteiger charge is 2.24. The molecule has 0 aromatic carbocycles. The molecule has 0 bridgehead atoms. The summed E-state index contributed by atoms with van der Waals surface area (Å²) in [4.78, 5) is 14.0. The third kappa shape index (κ3) is 3.69. The normalized spacial score (nSPS) is 29.3. The van der Waals surface area contributed by atoms with Crippen LogP contribution in [0.2, 0.25) is 0 Å². The van der Waals surface area contributed by atoms with Crippen molar-refractivity contribution < 1.29 is 9.53 Å². The first-order valence-corrected chi connectivity index (χ1v) is 7.40. The van der Waals surface area contributed by atoms with Crippen molar-refractivity contribution in [2.24, 2.45) is 5.92 Å². The first-order chi connectivity index (χ1) is 8.81. The monoisotopic (exact) mass is 254 g/mol. The zero-order valence-electron chi connectivity index (χ0n) is 11.5. The predicted octanol–water partition coefficient (Wildman–Crippen LogP) is 1.40. The van der Waals surface area contributed by atoms with Gasteiger partial charge in [-0.1, -0.05) is 26.2 Å². The lowest BCUT2D eigenvalue weighted by Crippen LogP contribution is -2.48. The minimum absolute atomic E-state index is 0.235. The van der Waals surface area contributed by atoms with Gasteiger partial charge in [-0.15, -0.1) is 0 Å². The van der Waals surface area contributed by atoms with Crippen molar-refractivity contribution in [3.63, 3.8) is 0 Å². The summed E-state index contributed by atoms with van der Waals surface area (Å²) in [6.07, 6.45) is 6.44. The number of amides is 1. The van der Waals surface area contributed by atoms with E-state index < -0.39 is 0 Å². The van der Waals surface area contributed by atoms with Gasteiger partial charge in [-0.05, 0) is 18.8 Å². The average molecular weight is 254 g/mol. The van der Waals surface area contributed by atoms with Gasteiger partial charge in [0.05, 0.1) is 19.8 Å². The molecule has 1 saturated heterocycles. The van der Waals surface area contributed by atoms with E-state index in [4.69, 9.17) is 4.74 Å². The van der Waals surface area contributed by atoms with Crippen molar-refractivity contribution in [1.29, 1.82) is 0 Å². The van der Waals surface area contributed by atoms with Crippen LogP contribution in [0.1, 0.15) is 39.0 Å². The van der Waals surface area contributed by atoms with Gasteiger partial charge < -0.3 is 15.0 Å². The first kappa shape index (κ1) is 13.8. The Hall–Kier alpha value is -0.610. The topological polar surface area (TPSA) is 41.6 Å². The van der Waals surface area contributed by atoms with Crippen molar-refractivity contribution in [3.8, 4) is 0 Å². The van der Waals surface area contributed by atoms with Gasteiger partial charge in [0.1, 0.15) is 0 Å². The molecule has 0 spiro atoms. The highest BCUT2D eigenvalue weighted by Crippen LogP contribution is 2.26. The highest BCUT2D eigenvalue weighted by molar-refractivity contribution is 5.78. The van der Waals surface area contributed by atoms with Gasteiger partial charge in [-0.3, -0.25) is 4.79 Å². The highest BCUT2D eigenvalue weighted by atomic mass is 16.5. The molecule has 4 nitrogen and oxygen atoms in total. The zero-order chi connectivity index (χ0) is 12.8. The molecule has 2 aliphatic rings. The summed E-state index contributed by atoms with van der Waals surface area (Å²) in [6, 6.07) is 0.550. The number of carbonyl (C=O) groups is 1. The summed E-state index contributed by atoms with van der Waals surface area (Å²) in [6.45, 7) is 5.64. The quantitative estimate of drug-likeness (QED) is 0.824. The van der Waals surface area contributed by atoms with E-state index in [1.807, 2.05) is 4.90 Å². The van der Waals surface area contributed by atoms with Gasteiger partial charge >= 0.3 is 0 Å². The fourth-order valence-electron chi connectivity index (χ4n) is 3.11. The molecule has 2 atom stereocenters. The van der Waals surface area contributed by atoms with Crippen LogP contribution >= 0.6 is 0 Å². The number of rotatable bonds is 4. The van der Waals surface area contributed by atoms with E-state index in [9.17, 15) is 4.79 Å². The smallest absolute Gasteiger partial charge is 0.236 e. The Kier molecular flexibility index (Phi) is 5.45. The van der Waals surface area contributed by atoms with Gasteiger partial charge in [-0.2, -0.15) is 0 Å². The van der Waals surface area contributed by atoms with Gasteiger partial charge in [0, 0.05) is 19.1 Å². The largest absolute Gasteiger partial charge is 0.378 e. The summed E-state index contributed by atoms with van der Waals surface area (Å²) >= 11 is 0. The maximum Gasteiger partial charge on any atom is 0.236 e. The number of hydrogen-bond acceptors (Lipinski definition) is 3. The van der Waals surface area contributed by atoms with E-state index in [-0.39, 0.29) is 5.91 Å². The molecule has 1 aliphatic heterocycles. The van der Waals surface area contributed by atoms with E-state index in [1.165, 1.54) is 32.1 Å². The molecule has 4 heteroatoms. The summed E-state index contributed by atoms with van der Waals surface area (Å²) in [5, 5.41) is 3.49. The van der Waals surface area contributed by atoms with Crippen LogP contribution in [0.5, 0.6) is 0 Å². The Morgan fingerprint density at radius 2 is 2.00 bits per heavy atom. The Bertz CT molecular complexity index is 265. The Balaban J connectivity index is 1.73. The van der Waals surface area contributed by atoms with Crippen LogP contribution in [-0.2, 0) is 9.53 Å². The molecule has 104 valence electrons. The molecule has 1 saturated carbocycles. The lowest BCUT2D eigenvalue weighted by atomic mass is 9.83. The zero-order valence-corrected chi connectivity index (χ0v) is 11.5. The third-order valence-corrected chi connectivity index (χ3v) is 4.31. The molecular formula is C14H26N2O2. The number of carbonyl (C=O) groups excluding carboxylic acids is 1. The van der Waals surface area contributed by atoms with Crippen LogP contribution in [0.25, 0.3) is 0 Å². The summed E-state index contributed by atoms with van der Waals surface area (Å²) in [7, 11) is 0. The van der Waals surface area contributed by atoms with E-state index in [0.29, 0.717) is 25.8 Å². The average Bonchev–Trinajstić information content (AvgIpc) is 2.46. The second-order valence-electron chi connectivity index (χ2n) is 5.43. The predicted molar refractivity (Wildman–Crippen MR) is 71.4 cm³/mol. The van der Waals surface area contributed by atoms with Gasteiger partial charge in [-0.25, -0.2) is 0 Å². The van der Waals surface area contributed by atoms with Crippen molar-refractivity contribution in [2.75, 3.05) is 32.8 Å². The number of ether oxygens (including phenoxy) is 1. The molecule has 1 amide bonds. The van der Waals surface area contributed by atoms with Crippen LogP contribution in [-0.4, -0.2) is 49.7 Å². The fourth-order valence-corrected chi connectivity index (χ4v) is 3.11. The van der Waals surface area contributed by atoms with E-state index in [1.54, 1.807) is 0 Å². The Morgan fingerprint density at radius 3 is 2.72 bits per heavy atom. The van der Waals surface area contributed by atoms with E-state index >= 15 is 0 Å². The van der Waals surface area contributed by atoms with Crippen molar-refractivity contribution in [3.05, 3.63) is 0 Å². The molecule has 2 fully saturated rings.